The van der Waals surface area contributed by atoms with Crippen LogP contribution in [0.25, 0.3) is 0 Å². The van der Waals surface area contributed by atoms with Gasteiger partial charge in [0.05, 0.1) is 0 Å². The topological polar surface area (TPSA) is 46.2 Å². The maximum atomic E-state index is 7.00. The molecule has 0 aliphatic carbocycles. The highest BCUT2D eigenvalue weighted by molar-refractivity contribution is 4.22. The fraction of sp³-hybridized carbons (Fsp3) is 0.647. The van der Waals surface area contributed by atoms with E-state index in [4.69, 9.17) is 5.11 Å². The van der Waals surface area contributed by atoms with E-state index in [1.54, 1.807) is 0 Å². The summed E-state index contributed by atoms with van der Waals surface area (Å²) in [5.74, 6) is 0. The molecular formula is C17H47NO. The number of aliphatic hydroxyl groups excluding tert-OH is 1. The minimum absolute atomic E-state index is 1.00. The van der Waals surface area contributed by atoms with E-state index >= 15 is 0 Å². The highest BCUT2D eigenvalue weighted by Gasteiger charge is 1.35. The van der Waals surface area contributed by atoms with E-state index in [-0.39, 0.29) is 0 Å². The van der Waals surface area contributed by atoms with Crippen LogP contribution in [-0.2, 0) is 0 Å². The maximum absolute atomic E-state index is 7.00. The SMILES string of the molecule is C=C.C=C.C=C.CC.CC.CC.CCC.CN.CO. The second-order valence-corrected chi connectivity index (χ2v) is 0.707. The molecule has 0 aromatic rings. The van der Waals surface area contributed by atoms with E-state index in [2.05, 4.69) is 59.1 Å². The smallest absolute Gasteiger partial charge is 0.0319 e. The predicted octanol–water partition coefficient (Wildman–Crippen LogP) is 6.08. The van der Waals surface area contributed by atoms with Crippen LogP contribution in [0.15, 0.2) is 39.5 Å². The third-order valence-corrected chi connectivity index (χ3v) is 0. The molecule has 2 nitrogen and oxygen atoms in total. The quantitative estimate of drug-likeness (QED) is 0.528. The van der Waals surface area contributed by atoms with Gasteiger partial charge in [0.15, 0.2) is 0 Å². The van der Waals surface area contributed by atoms with E-state index in [0.717, 1.165) is 7.11 Å². The summed E-state index contributed by atoms with van der Waals surface area (Å²) < 4.78 is 0. The van der Waals surface area contributed by atoms with Crippen molar-refractivity contribution in [3.05, 3.63) is 39.5 Å². The third-order valence-electron chi connectivity index (χ3n) is 0. The van der Waals surface area contributed by atoms with Crippen LogP contribution in [0.3, 0.4) is 0 Å². The van der Waals surface area contributed by atoms with Gasteiger partial charge in [-0.25, -0.2) is 0 Å². The molecule has 19 heavy (non-hydrogen) atoms. The molecule has 126 valence electrons. The second kappa shape index (κ2) is 228000. The average molecular weight is 282 g/mol. The lowest BCUT2D eigenvalue weighted by atomic mass is 10.6. The highest BCUT2D eigenvalue weighted by atomic mass is 16.2. The zero-order valence-corrected chi connectivity index (χ0v) is 16.0. The Bertz CT molecular complexity index is 22.5. The molecule has 0 aromatic heterocycles. The average Bonchev–Trinajstić information content (AvgIpc) is 2.62. The zero-order valence-electron chi connectivity index (χ0n) is 16.0. The lowest BCUT2D eigenvalue weighted by molar-refractivity contribution is 0.399. The van der Waals surface area contributed by atoms with Gasteiger partial charge in [-0.1, -0.05) is 61.8 Å². The second-order valence-electron chi connectivity index (χ2n) is 0.707. The summed E-state index contributed by atoms with van der Waals surface area (Å²) in [7, 11) is 2.50. The lowest BCUT2D eigenvalue weighted by Crippen LogP contribution is -1.69. The number of nitrogens with two attached hydrogens (primary N) is 1. The fourth-order valence-electron chi connectivity index (χ4n) is 0. The van der Waals surface area contributed by atoms with E-state index in [9.17, 15) is 0 Å². The first-order valence-electron chi connectivity index (χ1n) is 6.94. The molecule has 0 spiro atoms. The molecule has 0 heterocycles. The van der Waals surface area contributed by atoms with E-state index in [0.29, 0.717) is 0 Å². The van der Waals surface area contributed by atoms with Gasteiger partial charge in [-0.05, 0) is 7.05 Å². The van der Waals surface area contributed by atoms with Crippen molar-refractivity contribution in [1.29, 1.82) is 0 Å². The van der Waals surface area contributed by atoms with Gasteiger partial charge >= 0.3 is 0 Å². The number of hydrogen-bond acceptors (Lipinski definition) is 2. The summed E-state index contributed by atoms with van der Waals surface area (Å²) in [5.41, 5.74) is 4.50. The third kappa shape index (κ3) is 5310. The van der Waals surface area contributed by atoms with Crippen molar-refractivity contribution in [1.82, 2.24) is 0 Å². The maximum Gasteiger partial charge on any atom is 0.0319 e. The van der Waals surface area contributed by atoms with Gasteiger partial charge in [-0.15, -0.1) is 39.5 Å². The molecule has 2 heteroatoms. The Hall–Kier alpha value is -0.860. The van der Waals surface area contributed by atoms with Crippen LogP contribution in [0.1, 0.15) is 61.8 Å². The molecule has 0 fully saturated rings. The van der Waals surface area contributed by atoms with Crippen molar-refractivity contribution in [3.8, 4) is 0 Å². The molecule has 0 saturated carbocycles. The van der Waals surface area contributed by atoms with Gasteiger partial charge in [0.1, 0.15) is 0 Å². The molecule has 0 aliphatic heterocycles. The van der Waals surface area contributed by atoms with Crippen molar-refractivity contribution < 1.29 is 5.11 Å². The minimum atomic E-state index is 1.00. The van der Waals surface area contributed by atoms with E-state index in [1.165, 1.54) is 13.5 Å². The molecule has 0 amide bonds. The van der Waals surface area contributed by atoms with Gasteiger partial charge < -0.3 is 10.8 Å². The van der Waals surface area contributed by atoms with Crippen LogP contribution in [0.5, 0.6) is 0 Å². The summed E-state index contributed by atoms with van der Waals surface area (Å²) in [4.78, 5) is 0. The first-order chi connectivity index (χ1) is 9.41. The van der Waals surface area contributed by atoms with Crippen molar-refractivity contribution in [2.75, 3.05) is 14.2 Å². The van der Waals surface area contributed by atoms with Gasteiger partial charge in [-0.3, -0.25) is 0 Å². The van der Waals surface area contributed by atoms with Crippen LogP contribution in [0.2, 0.25) is 0 Å². The van der Waals surface area contributed by atoms with Crippen molar-refractivity contribution in [3.63, 3.8) is 0 Å². The Morgan fingerprint density at radius 1 is 0.579 bits per heavy atom. The summed E-state index contributed by atoms with van der Waals surface area (Å²) in [5, 5.41) is 7.00. The van der Waals surface area contributed by atoms with Crippen LogP contribution < -0.4 is 5.73 Å². The molecule has 0 unspecified atom stereocenters. The Morgan fingerprint density at radius 3 is 0.579 bits per heavy atom. The molecule has 0 bridgehead atoms. The summed E-state index contributed by atoms with van der Waals surface area (Å²) in [6.07, 6.45) is 1.25. The minimum Gasteiger partial charge on any atom is -0.400 e. The standard InChI is InChI=1S/C3H8.3C2H6.3C2H4.CH5N.CH4O/c1-3-2;8*1-2/h3H2,1-2H3;3*1-2H3;3*1-2H2;2H2,1H3;2H,1H3. The van der Waals surface area contributed by atoms with Gasteiger partial charge in [0.25, 0.3) is 0 Å². The first-order valence-corrected chi connectivity index (χ1v) is 6.94. The summed E-state index contributed by atoms with van der Waals surface area (Å²) in [6, 6.07) is 0. The zero-order chi connectivity index (χ0) is 18.7. The first kappa shape index (κ1) is 63.8. The Labute approximate surface area is 127 Å². The molecule has 0 atom stereocenters. The van der Waals surface area contributed by atoms with Gasteiger partial charge in [0.2, 0.25) is 0 Å². The Balaban J connectivity index is -0.00000000851. The van der Waals surface area contributed by atoms with Crippen LogP contribution in [-0.4, -0.2) is 19.3 Å². The van der Waals surface area contributed by atoms with Crippen molar-refractivity contribution in [2.24, 2.45) is 5.73 Å². The van der Waals surface area contributed by atoms with Crippen LogP contribution in [0.4, 0.5) is 0 Å². The van der Waals surface area contributed by atoms with Gasteiger partial charge in [-0.2, -0.15) is 0 Å². The van der Waals surface area contributed by atoms with Crippen molar-refractivity contribution >= 4 is 0 Å². The van der Waals surface area contributed by atoms with Gasteiger partial charge in [0, 0.05) is 7.11 Å². The largest absolute Gasteiger partial charge is 0.400 e. The van der Waals surface area contributed by atoms with E-state index in [1.807, 2.05) is 41.5 Å². The molecule has 0 saturated heterocycles. The fourth-order valence-corrected chi connectivity index (χ4v) is 0. The summed E-state index contributed by atoms with van der Waals surface area (Å²) >= 11 is 0. The normalized spacial score (nSPS) is 3.16. The lowest BCUT2D eigenvalue weighted by Gasteiger charge is -1.48. The molecule has 0 aliphatic rings. The van der Waals surface area contributed by atoms with Crippen LogP contribution >= 0.6 is 0 Å². The number of rotatable bonds is 0. The van der Waals surface area contributed by atoms with Crippen molar-refractivity contribution in [2.45, 2.75) is 61.8 Å². The molecule has 0 radical (unpaired) electrons. The van der Waals surface area contributed by atoms with Crippen LogP contribution in [0, 0.1) is 0 Å². The molecule has 0 rings (SSSR count). The number of aliphatic hydroxyl groups is 1. The van der Waals surface area contributed by atoms with E-state index < -0.39 is 0 Å². The monoisotopic (exact) mass is 281 g/mol. The number of hydrogen-bond donors (Lipinski definition) is 2. The Kier molecular flexibility index (Phi) is 765000. The molecule has 0 aromatic carbocycles. The predicted molar refractivity (Wildman–Crippen MR) is 102 cm³/mol. The summed E-state index contributed by atoms with van der Waals surface area (Å²) in [6.45, 7) is 34.2. The highest BCUT2D eigenvalue weighted by Crippen LogP contribution is 1.56. The molecule has 3 N–H and O–H groups in total. The molecular weight excluding hydrogens is 234 g/mol. The Morgan fingerprint density at radius 2 is 0.579 bits per heavy atom.